The highest BCUT2D eigenvalue weighted by molar-refractivity contribution is 6.31. The van der Waals surface area contributed by atoms with E-state index >= 15 is 0 Å². The summed E-state index contributed by atoms with van der Waals surface area (Å²) in [7, 11) is 0. The van der Waals surface area contributed by atoms with Crippen molar-refractivity contribution >= 4 is 17.6 Å². The van der Waals surface area contributed by atoms with Crippen molar-refractivity contribution in [1.82, 2.24) is 0 Å². The predicted molar refractivity (Wildman–Crippen MR) is 49.7 cm³/mol. The minimum absolute atomic E-state index is 0.0776. The number of carbonyl (C=O) groups is 1. The Balaban J connectivity index is 2.22. The van der Waals surface area contributed by atoms with E-state index in [4.69, 9.17) is 16.3 Å². The molecule has 3 heteroatoms. The Labute approximate surface area is 81.5 Å². The summed E-state index contributed by atoms with van der Waals surface area (Å²) in [4.78, 5) is 10.7. The average Bonchev–Trinajstić information content (AvgIpc) is 2.03. The maximum absolute atomic E-state index is 10.7. The first-order valence-corrected chi connectivity index (χ1v) is 4.51. The first-order valence-electron chi connectivity index (χ1n) is 4.13. The quantitative estimate of drug-likeness (QED) is 0.646. The van der Waals surface area contributed by atoms with Gasteiger partial charge < -0.3 is 4.74 Å². The normalized spacial score (nSPS) is 18.8. The maximum atomic E-state index is 10.7. The van der Waals surface area contributed by atoms with E-state index < -0.39 is 0 Å². The van der Waals surface area contributed by atoms with E-state index in [2.05, 4.69) is 0 Å². The Kier molecular flexibility index (Phi) is 2.00. The van der Waals surface area contributed by atoms with E-state index in [0.29, 0.717) is 0 Å². The van der Waals surface area contributed by atoms with E-state index in [1.165, 1.54) is 6.92 Å². The average molecular weight is 197 g/mol. The Morgan fingerprint density at radius 2 is 2.38 bits per heavy atom. The maximum Gasteiger partial charge on any atom is 0.303 e. The van der Waals surface area contributed by atoms with Crippen molar-refractivity contribution in [2.24, 2.45) is 0 Å². The van der Waals surface area contributed by atoms with E-state index in [9.17, 15) is 4.79 Å². The Hall–Kier alpha value is -1.02. The van der Waals surface area contributed by atoms with Crippen LogP contribution in [0.25, 0.3) is 0 Å². The topological polar surface area (TPSA) is 26.3 Å². The molecule has 1 aliphatic carbocycles. The SMILES string of the molecule is CC(=O)OC1Cc2c(Cl)cccc21. The van der Waals surface area contributed by atoms with Gasteiger partial charge in [-0.1, -0.05) is 23.7 Å². The van der Waals surface area contributed by atoms with Crippen molar-refractivity contribution < 1.29 is 9.53 Å². The van der Waals surface area contributed by atoms with Crippen LogP contribution < -0.4 is 0 Å². The Bertz CT molecular complexity index is 360. The standard InChI is InChI=1S/C10H9ClO2/c1-6(12)13-10-5-8-7(10)3-2-4-9(8)11/h2-4,10H,5H2,1H3. The Morgan fingerprint density at radius 1 is 1.62 bits per heavy atom. The molecule has 0 fully saturated rings. The molecule has 68 valence electrons. The molecule has 0 heterocycles. The zero-order valence-corrected chi connectivity index (χ0v) is 7.97. The zero-order valence-electron chi connectivity index (χ0n) is 7.21. The van der Waals surface area contributed by atoms with Crippen molar-refractivity contribution in [3.05, 3.63) is 34.3 Å². The summed E-state index contributed by atoms with van der Waals surface area (Å²) in [6, 6.07) is 5.67. The van der Waals surface area contributed by atoms with Gasteiger partial charge >= 0.3 is 5.97 Å². The fourth-order valence-corrected chi connectivity index (χ4v) is 1.82. The van der Waals surface area contributed by atoms with Gasteiger partial charge in [-0.25, -0.2) is 0 Å². The summed E-state index contributed by atoms with van der Waals surface area (Å²) >= 11 is 5.93. The lowest BCUT2D eigenvalue weighted by Gasteiger charge is -2.29. The van der Waals surface area contributed by atoms with Gasteiger partial charge in [-0.2, -0.15) is 0 Å². The van der Waals surface area contributed by atoms with Crippen molar-refractivity contribution in [3.8, 4) is 0 Å². The van der Waals surface area contributed by atoms with Gasteiger partial charge in [0.25, 0.3) is 0 Å². The van der Waals surface area contributed by atoms with Crippen LogP contribution in [-0.2, 0) is 16.0 Å². The smallest absolute Gasteiger partial charge is 0.303 e. The number of benzene rings is 1. The van der Waals surface area contributed by atoms with Gasteiger partial charge in [0, 0.05) is 18.4 Å². The fourth-order valence-electron chi connectivity index (χ4n) is 1.56. The van der Waals surface area contributed by atoms with Crippen LogP contribution in [0, 0.1) is 0 Å². The summed E-state index contributed by atoms with van der Waals surface area (Å²) in [6.45, 7) is 1.42. The molecule has 0 bridgehead atoms. The molecule has 0 amide bonds. The van der Waals surface area contributed by atoms with E-state index in [1.807, 2.05) is 18.2 Å². The fraction of sp³-hybridized carbons (Fsp3) is 0.300. The summed E-state index contributed by atoms with van der Waals surface area (Å²) < 4.78 is 5.07. The molecule has 1 aromatic rings. The number of carbonyl (C=O) groups excluding carboxylic acids is 1. The molecule has 1 aromatic carbocycles. The minimum atomic E-state index is -0.240. The monoisotopic (exact) mass is 196 g/mol. The van der Waals surface area contributed by atoms with Gasteiger partial charge in [-0.05, 0) is 17.2 Å². The van der Waals surface area contributed by atoms with Gasteiger partial charge in [-0.3, -0.25) is 4.79 Å². The first-order chi connectivity index (χ1) is 6.18. The molecule has 2 nitrogen and oxygen atoms in total. The summed E-state index contributed by atoms with van der Waals surface area (Å²) in [6.07, 6.45) is 0.667. The van der Waals surface area contributed by atoms with Gasteiger partial charge in [0.2, 0.25) is 0 Å². The molecule has 0 radical (unpaired) electrons. The third kappa shape index (κ3) is 1.42. The molecule has 1 unspecified atom stereocenters. The molecule has 1 aliphatic rings. The third-order valence-corrected chi connectivity index (χ3v) is 2.55. The molecule has 0 saturated carbocycles. The number of fused-ring (bicyclic) bond motifs is 1. The van der Waals surface area contributed by atoms with E-state index in [1.54, 1.807) is 0 Å². The molecule has 0 spiro atoms. The lowest BCUT2D eigenvalue weighted by molar-refractivity contribution is -0.147. The largest absolute Gasteiger partial charge is 0.457 e. The van der Waals surface area contributed by atoms with Crippen LogP contribution in [0.3, 0.4) is 0 Å². The number of rotatable bonds is 1. The molecule has 0 aliphatic heterocycles. The van der Waals surface area contributed by atoms with Gasteiger partial charge in [-0.15, -0.1) is 0 Å². The van der Waals surface area contributed by atoms with Crippen molar-refractivity contribution in [1.29, 1.82) is 0 Å². The molecular weight excluding hydrogens is 188 g/mol. The summed E-state index contributed by atoms with van der Waals surface area (Å²) in [5, 5.41) is 0.765. The van der Waals surface area contributed by atoms with Crippen LogP contribution in [0.4, 0.5) is 0 Å². The number of esters is 1. The van der Waals surface area contributed by atoms with Crippen LogP contribution >= 0.6 is 11.6 Å². The van der Waals surface area contributed by atoms with Crippen LogP contribution in [0.5, 0.6) is 0 Å². The number of halogens is 1. The van der Waals surface area contributed by atoms with Crippen molar-refractivity contribution in [3.63, 3.8) is 0 Å². The van der Waals surface area contributed by atoms with Gasteiger partial charge in [0.15, 0.2) is 0 Å². The lowest BCUT2D eigenvalue weighted by atomic mass is 9.85. The second-order valence-corrected chi connectivity index (χ2v) is 3.52. The number of ether oxygens (including phenoxy) is 1. The van der Waals surface area contributed by atoms with Crippen molar-refractivity contribution in [2.45, 2.75) is 19.4 Å². The molecule has 1 atom stereocenters. The van der Waals surface area contributed by atoms with Gasteiger partial charge in [0.05, 0.1) is 0 Å². The van der Waals surface area contributed by atoms with E-state index in [0.717, 1.165) is 22.6 Å². The molecule has 0 N–H and O–H groups in total. The third-order valence-electron chi connectivity index (χ3n) is 2.20. The molecule has 0 aromatic heterocycles. The molecule has 0 saturated heterocycles. The lowest BCUT2D eigenvalue weighted by Crippen LogP contribution is -2.22. The number of hydrogen-bond donors (Lipinski definition) is 0. The molecule has 2 rings (SSSR count). The highest BCUT2D eigenvalue weighted by Gasteiger charge is 2.30. The second kappa shape index (κ2) is 3.04. The summed E-state index contributed by atoms with van der Waals surface area (Å²) in [5.41, 5.74) is 2.15. The number of hydrogen-bond acceptors (Lipinski definition) is 2. The first kappa shape index (κ1) is 8.57. The summed E-state index contributed by atoms with van der Waals surface area (Å²) in [5.74, 6) is -0.240. The zero-order chi connectivity index (χ0) is 9.42. The van der Waals surface area contributed by atoms with Crippen LogP contribution in [0.15, 0.2) is 18.2 Å². The minimum Gasteiger partial charge on any atom is -0.457 e. The second-order valence-electron chi connectivity index (χ2n) is 3.11. The highest BCUT2D eigenvalue weighted by Crippen LogP contribution is 2.39. The molecule has 13 heavy (non-hydrogen) atoms. The predicted octanol–water partition coefficient (Wildman–Crippen LogP) is 2.50. The van der Waals surface area contributed by atoms with E-state index in [-0.39, 0.29) is 12.1 Å². The molecular formula is C10H9ClO2. The van der Waals surface area contributed by atoms with Crippen LogP contribution in [-0.4, -0.2) is 5.97 Å². The highest BCUT2D eigenvalue weighted by atomic mass is 35.5. The van der Waals surface area contributed by atoms with Crippen LogP contribution in [0.2, 0.25) is 5.02 Å². The van der Waals surface area contributed by atoms with Crippen molar-refractivity contribution in [2.75, 3.05) is 0 Å². The Morgan fingerprint density at radius 3 is 3.08 bits per heavy atom. The van der Waals surface area contributed by atoms with Crippen LogP contribution in [0.1, 0.15) is 24.2 Å². The van der Waals surface area contributed by atoms with Gasteiger partial charge in [0.1, 0.15) is 6.10 Å².